The normalized spacial score (nSPS) is 17.0. The Morgan fingerprint density at radius 2 is 1.96 bits per heavy atom. The van der Waals surface area contributed by atoms with Gasteiger partial charge < -0.3 is 19.5 Å². The molecule has 2 aromatic carbocycles. The van der Waals surface area contributed by atoms with Crippen LogP contribution in [-0.2, 0) is 4.79 Å². The molecule has 1 N–H and O–H groups in total. The summed E-state index contributed by atoms with van der Waals surface area (Å²) in [7, 11) is 0. The van der Waals surface area contributed by atoms with Crippen molar-refractivity contribution in [2.24, 2.45) is 0 Å². The Morgan fingerprint density at radius 3 is 2.75 bits per heavy atom. The molecule has 2 atom stereocenters. The molecule has 2 aromatic rings. The Labute approximate surface area is 145 Å². The predicted molar refractivity (Wildman–Crippen MR) is 90.9 cm³/mol. The minimum Gasteiger partial charge on any atom is -0.486 e. The number of fused-ring (bicyclic) bond motifs is 1. The van der Waals surface area contributed by atoms with Crippen LogP contribution in [0.4, 0.5) is 0 Å². The highest BCUT2D eigenvalue weighted by Crippen LogP contribution is 2.30. The zero-order valence-corrected chi connectivity index (χ0v) is 14.0. The van der Waals surface area contributed by atoms with Crippen molar-refractivity contribution in [3.8, 4) is 17.2 Å². The monoisotopic (exact) mass is 347 g/mol. The fourth-order valence-electron chi connectivity index (χ4n) is 2.31. The minimum atomic E-state index is -0.665. The van der Waals surface area contributed by atoms with Crippen molar-refractivity contribution >= 4 is 17.5 Å². The molecule has 0 radical (unpaired) electrons. The van der Waals surface area contributed by atoms with Crippen LogP contribution in [0.1, 0.15) is 6.92 Å². The van der Waals surface area contributed by atoms with Crippen LogP contribution in [0.5, 0.6) is 17.2 Å². The highest BCUT2D eigenvalue weighted by molar-refractivity contribution is 6.32. The molecular weight excluding hydrogens is 330 g/mol. The highest BCUT2D eigenvalue weighted by atomic mass is 35.5. The molecule has 1 aliphatic heterocycles. The van der Waals surface area contributed by atoms with Gasteiger partial charge in [-0.2, -0.15) is 0 Å². The van der Waals surface area contributed by atoms with Gasteiger partial charge in [0.2, 0.25) is 0 Å². The number of hydrogen-bond acceptors (Lipinski definition) is 4. The summed E-state index contributed by atoms with van der Waals surface area (Å²) in [5.41, 5.74) is 0. The molecule has 6 heteroatoms. The summed E-state index contributed by atoms with van der Waals surface area (Å²) >= 11 is 6.03. The maximum atomic E-state index is 12.2. The summed E-state index contributed by atoms with van der Waals surface area (Å²) < 4.78 is 17.0. The average Bonchev–Trinajstić information content (AvgIpc) is 2.61. The number of amides is 1. The first kappa shape index (κ1) is 16.5. The lowest BCUT2D eigenvalue weighted by atomic mass is 10.2. The van der Waals surface area contributed by atoms with Gasteiger partial charge in [-0.3, -0.25) is 4.79 Å². The molecule has 0 spiro atoms. The van der Waals surface area contributed by atoms with Crippen molar-refractivity contribution in [1.29, 1.82) is 0 Å². The van der Waals surface area contributed by atoms with E-state index in [2.05, 4.69) is 5.32 Å². The number of nitrogens with one attached hydrogen (secondary N) is 1. The predicted octanol–water partition coefficient (Wildman–Crippen LogP) is 3.06. The Morgan fingerprint density at radius 1 is 1.25 bits per heavy atom. The Hall–Kier alpha value is -2.40. The second kappa shape index (κ2) is 7.45. The van der Waals surface area contributed by atoms with Gasteiger partial charge in [0.25, 0.3) is 5.91 Å². The SMILES string of the molecule is CC(Oc1ccccc1Cl)C(=O)NCC1COc2ccccc2O1. The van der Waals surface area contributed by atoms with Crippen molar-refractivity contribution in [2.75, 3.05) is 13.2 Å². The molecule has 5 nitrogen and oxygen atoms in total. The summed E-state index contributed by atoms with van der Waals surface area (Å²) in [4.78, 5) is 12.2. The van der Waals surface area contributed by atoms with Gasteiger partial charge in [0.1, 0.15) is 18.5 Å². The number of rotatable bonds is 5. The van der Waals surface area contributed by atoms with Gasteiger partial charge in [-0.25, -0.2) is 0 Å². The zero-order valence-electron chi connectivity index (χ0n) is 13.2. The van der Waals surface area contributed by atoms with Crippen molar-refractivity contribution < 1.29 is 19.0 Å². The first-order chi connectivity index (χ1) is 11.6. The molecule has 0 aliphatic carbocycles. The number of para-hydroxylation sites is 3. The van der Waals surface area contributed by atoms with Gasteiger partial charge in [-0.05, 0) is 31.2 Å². The van der Waals surface area contributed by atoms with E-state index in [1.165, 1.54) is 0 Å². The van der Waals surface area contributed by atoms with Gasteiger partial charge in [0.15, 0.2) is 17.6 Å². The van der Waals surface area contributed by atoms with Crippen molar-refractivity contribution in [1.82, 2.24) is 5.32 Å². The van der Waals surface area contributed by atoms with Gasteiger partial charge in [-0.1, -0.05) is 35.9 Å². The summed E-state index contributed by atoms with van der Waals surface area (Å²) in [6.07, 6.45) is -0.905. The van der Waals surface area contributed by atoms with E-state index in [0.29, 0.717) is 29.7 Å². The first-order valence-corrected chi connectivity index (χ1v) is 8.08. The molecule has 0 aromatic heterocycles. The van der Waals surface area contributed by atoms with E-state index in [1.807, 2.05) is 24.3 Å². The fourth-order valence-corrected chi connectivity index (χ4v) is 2.49. The van der Waals surface area contributed by atoms with Gasteiger partial charge in [0.05, 0.1) is 11.6 Å². The molecule has 1 heterocycles. The molecule has 0 saturated carbocycles. The quantitative estimate of drug-likeness (QED) is 0.903. The van der Waals surface area contributed by atoms with E-state index < -0.39 is 6.10 Å². The van der Waals surface area contributed by atoms with E-state index >= 15 is 0 Å². The van der Waals surface area contributed by atoms with Crippen LogP contribution < -0.4 is 19.5 Å². The van der Waals surface area contributed by atoms with E-state index in [4.69, 9.17) is 25.8 Å². The fraction of sp³-hybridized carbons (Fsp3) is 0.278. The second-order valence-electron chi connectivity index (χ2n) is 5.43. The van der Waals surface area contributed by atoms with Crippen LogP contribution in [0.25, 0.3) is 0 Å². The largest absolute Gasteiger partial charge is 0.486 e. The molecule has 1 amide bonds. The Bertz CT molecular complexity index is 722. The minimum absolute atomic E-state index is 0.239. The number of hydrogen-bond donors (Lipinski definition) is 1. The number of carbonyl (C=O) groups is 1. The molecule has 0 saturated heterocycles. The van der Waals surface area contributed by atoms with Crippen LogP contribution in [0.3, 0.4) is 0 Å². The van der Waals surface area contributed by atoms with Crippen LogP contribution in [-0.4, -0.2) is 31.3 Å². The van der Waals surface area contributed by atoms with Crippen molar-refractivity contribution in [2.45, 2.75) is 19.1 Å². The lowest BCUT2D eigenvalue weighted by Crippen LogP contribution is -2.44. The standard InChI is InChI=1S/C18H18ClNO4/c1-12(23-15-7-3-2-6-14(15)19)18(21)20-10-13-11-22-16-8-4-5-9-17(16)24-13/h2-9,12-13H,10-11H2,1H3,(H,20,21). The number of halogens is 1. The lowest BCUT2D eigenvalue weighted by molar-refractivity contribution is -0.127. The number of ether oxygens (including phenoxy) is 3. The van der Waals surface area contributed by atoms with Crippen LogP contribution >= 0.6 is 11.6 Å². The van der Waals surface area contributed by atoms with Gasteiger partial charge in [0, 0.05) is 0 Å². The van der Waals surface area contributed by atoms with E-state index in [0.717, 1.165) is 5.75 Å². The molecule has 2 unspecified atom stereocenters. The average molecular weight is 348 g/mol. The van der Waals surface area contributed by atoms with Crippen LogP contribution in [0, 0.1) is 0 Å². The Kier molecular flexibility index (Phi) is 5.11. The first-order valence-electron chi connectivity index (χ1n) is 7.71. The van der Waals surface area contributed by atoms with Gasteiger partial charge in [-0.15, -0.1) is 0 Å². The molecule has 126 valence electrons. The topological polar surface area (TPSA) is 56.8 Å². The second-order valence-corrected chi connectivity index (χ2v) is 5.84. The van der Waals surface area contributed by atoms with Crippen LogP contribution in [0.15, 0.2) is 48.5 Å². The summed E-state index contributed by atoms with van der Waals surface area (Å²) in [6, 6.07) is 14.5. The third-order valence-electron chi connectivity index (χ3n) is 3.58. The molecule has 0 bridgehead atoms. The van der Waals surface area contributed by atoms with Crippen molar-refractivity contribution in [3.05, 3.63) is 53.6 Å². The zero-order chi connectivity index (χ0) is 16.9. The molecule has 0 fully saturated rings. The Balaban J connectivity index is 1.50. The third-order valence-corrected chi connectivity index (χ3v) is 3.89. The summed E-state index contributed by atoms with van der Waals surface area (Å²) in [5.74, 6) is 1.64. The molecule has 24 heavy (non-hydrogen) atoms. The maximum absolute atomic E-state index is 12.2. The van der Waals surface area contributed by atoms with Gasteiger partial charge >= 0.3 is 0 Å². The highest BCUT2D eigenvalue weighted by Gasteiger charge is 2.23. The molecule has 3 rings (SSSR count). The van der Waals surface area contributed by atoms with E-state index in [-0.39, 0.29) is 12.0 Å². The number of carbonyl (C=O) groups excluding carboxylic acids is 1. The smallest absolute Gasteiger partial charge is 0.260 e. The summed E-state index contributed by atoms with van der Waals surface area (Å²) in [5, 5.41) is 3.28. The summed E-state index contributed by atoms with van der Waals surface area (Å²) in [6.45, 7) is 2.40. The lowest BCUT2D eigenvalue weighted by Gasteiger charge is -2.27. The number of benzene rings is 2. The van der Waals surface area contributed by atoms with E-state index in [1.54, 1.807) is 31.2 Å². The van der Waals surface area contributed by atoms with Crippen LogP contribution in [0.2, 0.25) is 5.02 Å². The molecular formula is C18H18ClNO4. The van der Waals surface area contributed by atoms with Crippen molar-refractivity contribution in [3.63, 3.8) is 0 Å². The maximum Gasteiger partial charge on any atom is 0.260 e. The third kappa shape index (κ3) is 3.92. The van der Waals surface area contributed by atoms with E-state index in [9.17, 15) is 4.79 Å². The molecule has 1 aliphatic rings.